The monoisotopic (exact) mass is 504 g/mol. The maximum Gasteiger partial charge on any atom is 0.260 e. The number of amides is 2. The maximum absolute atomic E-state index is 14.0. The number of ether oxygens (including phenoxy) is 1. The van der Waals surface area contributed by atoms with Gasteiger partial charge in [-0.2, -0.15) is 5.10 Å². The van der Waals surface area contributed by atoms with E-state index in [9.17, 15) is 22.4 Å². The number of halogens is 1. The van der Waals surface area contributed by atoms with E-state index < -0.39 is 28.3 Å². The summed E-state index contributed by atoms with van der Waals surface area (Å²) in [6, 6.07) is 12.2. The standard InChI is InChI=1S/C24H29FN4O5S/c1-35(32,33)29(22-10-6-5-9-21(22)25)16-23(30)28-26-15-18-11-13-20(14-12-18)34-17-24(31)27-19-7-3-2-4-8-19/h5-6,9-15,19H,2-4,7-8,16-17H2,1H3,(H,27,31)(H,28,30)/b26-15-. The molecule has 3 rings (SSSR count). The highest BCUT2D eigenvalue weighted by atomic mass is 32.2. The Morgan fingerprint density at radius 3 is 2.43 bits per heavy atom. The Balaban J connectivity index is 1.47. The molecule has 35 heavy (non-hydrogen) atoms. The van der Waals surface area contributed by atoms with Crippen LogP contribution in [0.3, 0.4) is 0 Å². The van der Waals surface area contributed by atoms with Gasteiger partial charge in [-0.1, -0.05) is 31.4 Å². The lowest BCUT2D eigenvalue weighted by molar-refractivity contribution is -0.124. The SMILES string of the molecule is CS(=O)(=O)N(CC(=O)N/N=C\c1ccc(OCC(=O)NC2CCCCC2)cc1)c1ccccc1F. The Labute approximate surface area is 204 Å². The molecule has 0 bridgehead atoms. The van der Waals surface area contributed by atoms with E-state index in [0.29, 0.717) is 15.6 Å². The third-order valence-corrected chi connectivity index (χ3v) is 6.56. The number of benzene rings is 2. The van der Waals surface area contributed by atoms with Gasteiger partial charge in [0, 0.05) is 6.04 Å². The first kappa shape index (κ1) is 26.1. The van der Waals surface area contributed by atoms with E-state index in [1.807, 2.05) is 0 Å². The first-order chi connectivity index (χ1) is 16.7. The topological polar surface area (TPSA) is 117 Å². The lowest BCUT2D eigenvalue weighted by Gasteiger charge is -2.22. The highest BCUT2D eigenvalue weighted by Gasteiger charge is 2.23. The summed E-state index contributed by atoms with van der Waals surface area (Å²) in [6.45, 7) is -0.703. The first-order valence-electron chi connectivity index (χ1n) is 11.3. The van der Waals surface area contributed by atoms with E-state index >= 15 is 0 Å². The van der Waals surface area contributed by atoms with Gasteiger partial charge in [0.15, 0.2) is 6.61 Å². The van der Waals surface area contributed by atoms with Crippen LogP contribution in [0.2, 0.25) is 0 Å². The van der Waals surface area contributed by atoms with Crippen molar-refractivity contribution in [2.75, 3.05) is 23.7 Å². The molecule has 0 aromatic heterocycles. The van der Waals surface area contributed by atoms with Gasteiger partial charge in [-0.3, -0.25) is 13.9 Å². The van der Waals surface area contributed by atoms with Crippen LogP contribution in [0.4, 0.5) is 10.1 Å². The van der Waals surface area contributed by atoms with Gasteiger partial charge in [0.05, 0.1) is 18.2 Å². The minimum atomic E-state index is -3.90. The second-order valence-corrected chi connectivity index (χ2v) is 10.2. The smallest absolute Gasteiger partial charge is 0.260 e. The molecular weight excluding hydrogens is 475 g/mol. The Kier molecular flexibility index (Phi) is 9.18. The molecule has 9 nitrogen and oxygen atoms in total. The van der Waals surface area contributed by atoms with Crippen LogP contribution >= 0.6 is 0 Å². The first-order valence-corrected chi connectivity index (χ1v) is 13.1. The van der Waals surface area contributed by atoms with E-state index in [0.717, 1.165) is 38.0 Å². The van der Waals surface area contributed by atoms with Crippen LogP contribution in [0.1, 0.15) is 37.7 Å². The van der Waals surface area contributed by atoms with E-state index in [1.54, 1.807) is 24.3 Å². The maximum atomic E-state index is 14.0. The number of carbonyl (C=O) groups is 2. The number of sulfonamides is 1. The van der Waals surface area contributed by atoms with Crippen molar-refractivity contribution in [3.8, 4) is 5.75 Å². The van der Waals surface area contributed by atoms with Crippen molar-refractivity contribution in [2.24, 2.45) is 5.10 Å². The van der Waals surface area contributed by atoms with Crippen LogP contribution in [0, 0.1) is 5.82 Å². The fourth-order valence-corrected chi connectivity index (χ4v) is 4.55. The third kappa shape index (κ3) is 8.36. The number of para-hydroxylation sites is 1. The van der Waals surface area contributed by atoms with E-state index in [2.05, 4.69) is 15.8 Å². The van der Waals surface area contributed by atoms with Gasteiger partial charge in [-0.05, 0) is 54.8 Å². The van der Waals surface area contributed by atoms with Gasteiger partial charge in [-0.25, -0.2) is 18.2 Å². The van der Waals surface area contributed by atoms with Crippen LogP contribution in [0.25, 0.3) is 0 Å². The average molecular weight is 505 g/mol. The molecular formula is C24H29FN4O5S. The Morgan fingerprint density at radius 1 is 1.09 bits per heavy atom. The zero-order chi connectivity index (χ0) is 25.3. The number of nitrogens with zero attached hydrogens (tertiary/aromatic N) is 2. The molecule has 2 amide bonds. The van der Waals surface area contributed by atoms with Crippen molar-refractivity contribution >= 4 is 33.7 Å². The zero-order valence-electron chi connectivity index (χ0n) is 19.4. The van der Waals surface area contributed by atoms with E-state index in [4.69, 9.17) is 4.74 Å². The highest BCUT2D eigenvalue weighted by Crippen LogP contribution is 2.21. The van der Waals surface area contributed by atoms with E-state index in [-0.39, 0.29) is 24.2 Å². The minimum Gasteiger partial charge on any atom is -0.484 e. The number of hydrazone groups is 1. The largest absolute Gasteiger partial charge is 0.484 e. The number of hydrogen-bond donors (Lipinski definition) is 2. The molecule has 1 aliphatic carbocycles. The van der Waals surface area contributed by atoms with Crippen molar-refractivity contribution in [1.29, 1.82) is 0 Å². The molecule has 1 saturated carbocycles. The molecule has 0 aliphatic heterocycles. The van der Waals surface area contributed by atoms with Crippen molar-refractivity contribution < 1.29 is 27.1 Å². The molecule has 2 aromatic rings. The summed E-state index contributed by atoms with van der Waals surface area (Å²) in [4.78, 5) is 24.3. The summed E-state index contributed by atoms with van der Waals surface area (Å²) in [5.41, 5.74) is 2.65. The molecule has 0 atom stereocenters. The van der Waals surface area contributed by atoms with Crippen LogP contribution in [0.15, 0.2) is 53.6 Å². The van der Waals surface area contributed by atoms with Crippen molar-refractivity contribution in [3.05, 3.63) is 59.9 Å². The Hall–Kier alpha value is -3.47. The quantitative estimate of drug-likeness (QED) is 0.381. The van der Waals surface area contributed by atoms with E-state index in [1.165, 1.54) is 30.8 Å². The van der Waals surface area contributed by atoms with Gasteiger partial charge in [0.2, 0.25) is 10.0 Å². The zero-order valence-corrected chi connectivity index (χ0v) is 20.3. The second-order valence-electron chi connectivity index (χ2n) is 8.27. The second kappa shape index (κ2) is 12.3. The number of carbonyl (C=O) groups excluding carboxylic acids is 2. The van der Waals surface area contributed by atoms with Crippen LogP contribution in [-0.4, -0.2) is 51.9 Å². The predicted octanol–water partition coefficient (Wildman–Crippen LogP) is 2.57. The molecule has 0 unspecified atom stereocenters. The molecule has 11 heteroatoms. The number of nitrogens with one attached hydrogen (secondary N) is 2. The van der Waals surface area contributed by atoms with Crippen LogP contribution < -0.4 is 19.8 Å². The molecule has 0 saturated heterocycles. The lowest BCUT2D eigenvalue weighted by Crippen LogP contribution is -2.39. The van der Waals surface area contributed by atoms with Crippen LogP contribution in [-0.2, 0) is 19.6 Å². The summed E-state index contributed by atoms with van der Waals surface area (Å²) < 4.78 is 44.3. The fourth-order valence-electron chi connectivity index (χ4n) is 3.69. The van der Waals surface area contributed by atoms with Gasteiger partial charge in [0.25, 0.3) is 11.8 Å². The molecule has 2 N–H and O–H groups in total. The number of rotatable bonds is 10. The molecule has 1 fully saturated rings. The lowest BCUT2D eigenvalue weighted by atomic mass is 9.95. The molecule has 0 heterocycles. The molecule has 188 valence electrons. The van der Waals surface area contributed by atoms with Crippen molar-refractivity contribution in [1.82, 2.24) is 10.7 Å². The van der Waals surface area contributed by atoms with Crippen molar-refractivity contribution in [3.63, 3.8) is 0 Å². The van der Waals surface area contributed by atoms with Gasteiger partial charge in [0.1, 0.15) is 18.1 Å². The number of anilines is 1. The number of hydrogen-bond acceptors (Lipinski definition) is 6. The summed E-state index contributed by atoms with van der Waals surface area (Å²) in [5, 5.41) is 6.80. The molecule has 1 aliphatic rings. The average Bonchev–Trinajstić information content (AvgIpc) is 2.82. The third-order valence-electron chi connectivity index (χ3n) is 5.43. The van der Waals surface area contributed by atoms with Crippen LogP contribution in [0.5, 0.6) is 5.75 Å². The highest BCUT2D eigenvalue weighted by molar-refractivity contribution is 7.92. The molecule has 0 spiro atoms. The summed E-state index contributed by atoms with van der Waals surface area (Å²) in [7, 11) is -3.90. The van der Waals surface area contributed by atoms with Gasteiger partial charge >= 0.3 is 0 Å². The van der Waals surface area contributed by atoms with Gasteiger partial charge < -0.3 is 10.1 Å². The van der Waals surface area contributed by atoms with Crippen molar-refractivity contribution in [2.45, 2.75) is 38.1 Å². The molecule has 0 radical (unpaired) electrons. The summed E-state index contributed by atoms with van der Waals surface area (Å²) in [5.74, 6) is -1.13. The Bertz CT molecular complexity index is 1150. The summed E-state index contributed by atoms with van der Waals surface area (Å²) in [6.07, 6.45) is 7.75. The fraction of sp³-hybridized carbons (Fsp3) is 0.375. The minimum absolute atomic E-state index is 0.0706. The normalized spacial score (nSPS) is 14.5. The van der Waals surface area contributed by atoms with Gasteiger partial charge in [-0.15, -0.1) is 0 Å². The summed E-state index contributed by atoms with van der Waals surface area (Å²) >= 11 is 0. The molecule has 2 aromatic carbocycles. The predicted molar refractivity (Wildman–Crippen MR) is 131 cm³/mol. The Morgan fingerprint density at radius 2 is 1.77 bits per heavy atom.